The third-order valence-corrected chi connectivity index (χ3v) is 8.84. The molecule has 8 aromatic carbocycles. The molecule has 0 unspecified atom stereocenters. The fourth-order valence-electron chi connectivity index (χ4n) is 6.55. The number of hydrogen-bond donors (Lipinski definition) is 0. The number of rotatable bonds is 11. The summed E-state index contributed by atoms with van der Waals surface area (Å²) >= 11 is 0. The van der Waals surface area contributed by atoms with Crippen LogP contribution >= 0.6 is 0 Å². The minimum Gasteiger partial charge on any atom is -0.457 e. The van der Waals surface area contributed by atoms with Gasteiger partial charge in [-0.25, -0.2) is 4.39 Å². The highest BCUT2D eigenvalue weighted by Gasteiger charge is 2.21. The van der Waals surface area contributed by atoms with Crippen molar-refractivity contribution in [3.05, 3.63) is 224 Å². The second-order valence-electron chi connectivity index (χ2n) is 12.4. The van der Waals surface area contributed by atoms with Crippen LogP contribution in [0.2, 0.25) is 0 Å². The second-order valence-corrected chi connectivity index (χ2v) is 12.4. The van der Waals surface area contributed by atoms with E-state index in [2.05, 4.69) is 51.1 Å². The van der Waals surface area contributed by atoms with Gasteiger partial charge < -0.3 is 19.4 Å². The van der Waals surface area contributed by atoms with Gasteiger partial charge in [0.15, 0.2) is 0 Å². The average molecular weight is 690 g/mol. The summed E-state index contributed by atoms with van der Waals surface area (Å²) < 4.78 is 22.2. The van der Waals surface area contributed by atoms with Gasteiger partial charge in [0.1, 0.15) is 17.3 Å². The van der Waals surface area contributed by atoms with E-state index < -0.39 is 0 Å². The smallest absolute Gasteiger partial charge is 0.129 e. The number of hydrogen-bond acceptors (Lipinski definition) is 4. The normalized spacial score (nSPS) is 10.7. The van der Waals surface area contributed by atoms with Crippen molar-refractivity contribution >= 4 is 51.2 Å². The lowest BCUT2D eigenvalue weighted by Crippen LogP contribution is -2.15. The van der Waals surface area contributed by atoms with Crippen LogP contribution in [-0.4, -0.2) is 0 Å². The van der Waals surface area contributed by atoms with E-state index in [9.17, 15) is 0 Å². The van der Waals surface area contributed by atoms with Crippen LogP contribution < -0.4 is 19.4 Å². The molecule has 0 aliphatic carbocycles. The lowest BCUT2D eigenvalue weighted by molar-refractivity contribution is 0.483. The molecule has 0 heterocycles. The third kappa shape index (κ3) is 7.51. The standard InChI is InChI=1S/C48H36FN3O/c49-37-32-45(50(38-18-6-1-7-19-38)39-20-8-2-9-21-39)35-46(33-37)52(41-24-12-4-13-25-41)43-27-16-26-42(34-43)51(40-22-10-3-11-23-40)44-28-17-31-48(36-44)53-47-29-14-5-15-30-47/h1-36H. The van der Waals surface area contributed by atoms with Crippen molar-refractivity contribution in [2.45, 2.75) is 0 Å². The predicted molar refractivity (Wildman–Crippen MR) is 217 cm³/mol. The minimum absolute atomic E-state index is 0.340. The molecule has 0 saturated carbocycles. The number of halogens is 1. The molecular weight excluding hydrogens is 654 g/mol. The zero-order valence-electron chi connectivity index (χ0n) is 28.9. The first-order chi connectivity index (χ1) is 26.2. The molecule has 5 heteroatoms. The summed E-state index contributed by atoms with van der Waals surface area (Å²) in [6.07, 6.45) is 0. The van der Waals surface area contributed by atoms with Gasteiger partial charge in [-0.3, -0.25) is 0 Å². The maximum Gasteiger partial charge on any atom is 0.129 e. The van der Waals surface area contributed by atoms with Gasteiger partial charge in [0.2, 0.25) is 0 Å². The van der Waals surface area contributed by atoms with Crippen LogP contribution in [0.4, 0.5) is 55.6 Å². The maximum atomic E-state index is 16.0. The summed E-state index contributed by atoms with van der Waals surface area (Å²) in [6.45, 7) is 0. The van der Waals surface area contributed by atoms with Crippen LogP contribution in [-0.2, 0) is 0 Å². The quantitative estimate of drug-likeness (QED) is 0.135. The molecule has 0 N–H and O–H groups in total. The second kappa shape index (κ2) is 15.4. The van der Waals surface area contributed by atoms with Gasteiger partial charge in [-0.15, -0.1) is 0 Å². The van der Waals surface area contributed by atoms with Gasteiger partial charge in [-0.05, 0) is 109 Å². The Hall–Kier alpha value is -7.11. The molecular formula is C48H36FN3O. The van der Waals surface area contributed by atoms with E-state index in [0.717, 1.165) is 51.3 Å². The Labute approximate surface area is 309 Å². The van der Waals surface area contributed by atoms with Crippen molar-refractivity contribution < 1.29 is 9.13 Å². The Balaban J connectivity index is 1.25. The zero-order chi connectivity index (χ0) is 35.8. The topological polar surface area (TPSA) is 19.0 Å². The molecule has 0 fully saturated rings. The molecule has 0 radical (unpaired) electrons. The van der Waals surface area contributed by atoms with Crippen molar-refractivity contribution in [3.63, 3.8) is 0 Å². The summed E-state index contributed by atoms with van der Waals surface area (Å²) in [6, 6.07) is 71.9. The molecule has 0 saturated heterocycles. The third-order valence-electron chi connectivity index (χ3n) is 8.84. The number of anilines is 9. The molecule has 8 aromatic rings. The number of benzene rings is 8. The van der Waals surface area contributed by atoms with E-state index in [-0.39, 0.29) is 5.82 Å². The average Bonchev–Trinajstić information content (AvgIpc) is 3.21. The van der Waals surface area contributed by atoms with Gasteiger partial charge in [-0.2, -0.15) is 0 Å². The van der Waals surface area contributed by atoms with E-state index in [0.29, 0.717) is 11.4 Å². The summed E-state index contributed by atoms with van der Waals surface area (Å²) in [7, 11) is 0. The fraction of sp³-hybridized carbons (Fsp3) is 0. The molecule has 4 nitrogen and oxygen atoms in total. The first kappa shape index (κ1) is 33.1. The van der Waals surface area contributed by atoms with Gasteiger partial charge >= 0.3 is 0 Å². The maximum absolute atomic E-state index is 16.0. The van der Waals surface area contributed by atoms with Crippen LogP contribution in [0.5, 0.6) is 11.5 Å². The van der Waals surface area contributed by atoms with E-state index in [1.165, 1.54) is 0 Å². The highest BCUT2D eigenvalue weighted by atomic mass is 19.1. The zero-order valence-corrected chi connectivity index (χ0v) is 28.9. The Morgan fingerprint density at radius 3 is 1.02 bits per heavy atom. The van der Waals surface area contributed by atoms with Crippen LogP contribution in [0.15, 0.2) is 218 Å². The van der Waals surface area contributed by atoms with Crippen molar-refractivity contribution in [2.75, 3.05) is 14.7 Å². The van der Waals surface area contributed by atoms with Crippen molar-refractivity contribution in [3.8, 4) is 11.5 Å². The van der Waals surface area contributed by atoms with E-state index in [1.807, 2.05) is 170 Å². The van der Waals surface area contributed by atoms with Crippen molar-refractivity contribution in [1.82, 2.24) is 0 Å². The minimum atomic E-state index is -0.340. The largest absolute Gasteiger partial charge is 0.457 e. The number of para-hydroxylation sites is 5. The van der Waals surface area contributed by atoms with Crippen molar-refractivity contribution in [2.24, 2.45) is 0 Å². The van der Waals surface area contributed by atoms with E-state index >= 15 is 4.39 Å². The molecule has 0 bridgehead atoms. The Bertz CT molecular complexity index is 2350. The molecule has 256 valence electrons. The fourth-order valence-corrected chi connectivity index (χ4v) is 6.55. The lowest BCUT2D eigenvalue weighted by atomic mass is 10.1. The van der Waals surface area contributed by atoms with Crippen LogP contribution in [0, 0.1) is 5.82 Å². The molecule has 0 spiro atoms. The van der Waals surface area contributed by atoms with Crippen LogP contribution in [0.25, 0.3) is 0 Å². The summed E-state index contributed by atoms with van der Waals surface area (Å²) in [4.78, 5) is 6.38. The molecule has 0 aliphatic rings. The molecule has 53 heavy (non-hydrogen) atoms. The highest BCUT2D eigenvalue weighted by molar-refractivity contribution is 5.86. The molecule has 8 rings (SSSR count). The number of ether oxygens (including phenoxy) is 1. The summed E-state index contributed by atoms with van der Waals surface area (Å²) in [5.74, 6) is 1.15. The highest BCUT2D eigenvalue weighted by Crippen LogP contribution is 2.43. The monoisotopic (exact) mass is 689 g/mol. The first-order valence-electron chi connectivity index (χ1n) is 17.5. The molecule has 0 atom stereocenters. The van der Waals surface area contributed by atoms with Gasteiger partial charge in [-0.1, -0.05) is 103 Å². The number of nitrogens with zero attached hydrogens (tertiary/aromatic N) is 3. The molecule has 0 aliphatic heterocycles. The lowest BCUT2D eigenvalue weighted by Gasteiger charge is -2.31. The van der Waals surface area contributed by atoms with Crippen molar-refractivity contribution in [1.29, 1.82) is 0 Å². The van der Waals surface area contributed by atoms with Gasteiger partial charge in [0.25, 0.3) is 0 Å². The first-order valence-corrected chi connectivity index (χ1v) is 17.5. The SMILES string of the molecule is Fc1cc(N(c2ccccc2)c2ccccc2)cc(N(c2ccccc2)c2cccc(N(c3ccccc3)c3cccc(Oc4ccccc4)c3)c2)c1. The van der Waals surface area contributed by atoms with E-state index in [1.54, 1.807) is 12.1 Å². The predicted octanol–water partition coefficient (Wildman–Crippen LogP) is 14.0. The Morgan fingerprint density at radius 1 is 0.264 bits per heavy atom. The van der Waals surface area contributed by atoms with Crippen LogP contribution in [0.1, 0.15) is 0 Å². The summed E-state index contributed by atoms with van der Waals surface area (Å²) in [5, 5.41) is 0. The van der Waals surface area contributed by atoms with E-state index in [4.69, 9.17) is 4.74 Å². The summed E-state index contributed by atoms with van der Waals surface area (Å²) in [5.41, 5.74) is 7.87. The molecule has 0 aromatic heterocycles. The Morgan fingerprint density at radius 2 is 0.566 bits per heavy atom. The Kier molecular flexibility index (Phi) is 9.62. The van der Waals surface area contributed by atoms with Gasteiger partial charge in [0, 0.05) is 45.9 Å². The van der Waals surface area contributed by atoms with Gasteiger partial charge in [0.05, 0.1) is 11.4 Å². The van der Waals surface area contributed by atoms with Crippen LogP contribution in [0.3, 0.4) is 0 Å². The molecule has 0 amide bonds.